The van der Waals surface area contributed by atoms with E-state index >= 15 is 0 Å². The van der Waals surface area contributed by atoms with Crippen molar-refractivity contribution in [3.8, 4) is 11.5 Å². The molecule has 108 valence electrons. The molecule has 0 saturated carbocycles. The minimum atomic E-state index is -0.660. The maximum Gasteiger partial charge on any atom is 0.160 e. The van der Waals surface area contributed by atoms with Crippen LogP contribution in [0.15, 0.2) is 18.2 Å². The number of aliphatic hydroxyl groups is 1. The standard InChI is InChI=1S/C15H25NO3/c1-15(2,17)11-16(3)9-8-12-6-7-13(18-4)14(10-12)19-5/h6-7,10,17H,8-9,11H2,1-5H3. The fraction of sp³-hybridized carbons (Fsp3) is 0.600. The lowest BCUT2D eigenvalue weighted by Crippen LogP contribution is -2.37. The number of hydrogen-bond donors (Lipinski definition) is 1. The van der Waals surface area contributed by atoms with Crippen molar-refractivity contribution >= 4 is 0 Å². The number of likely N-dealkylation sites (N-methyl/N-ethyl adjacent to an activating group) is 1. The Kier molecular flexibility index (Phi) is 5.63. The van der Waals surface area contributed by atoms with Gasteiger partial charge in [-0.2, -0.15) is 0 Å². The molecule has 0 unspecified atom stereocenters. The van der Waals surface area contributed by atoms with E-state index in [2.05, 4.69) is 4.90 Å². The number of rotatable bonds is 7. The van der Waals surface area contributed by atoms with Gasteiger partial charge in [-0.05, 0) is 45.0 Å². The first-order valence-electron chi connectivity index (χ1n) is 6.47. The molecular weight excluding hydrogens is 242 g/mol. The number of hydrogen-bond acceptors (Lipinski definition) is 4. The highest BCUT2D eigenvalue weighted by atomic mass is 16.5. The van der Waals surface area contributed by atoms with E-state index in [0.29, 0.717) is 6.54 Å². The van der Waals surface area contributed by atoms with E-state index in [1.165, 1.54) is 5.56 Å². The summed E-state index contributed by atoms with van der Waals surface area (Å²) in [6, 6.07) is 5.96. The zero-order valence-corrected chi connectivity index (χ0v) is 12.6. The Morgan fingerprint density at radius 1 is 1.16 bits per heavy atom. The maximum atomic E-state index is 9.76. The van der Waals surface area contributed by atoms with Crippen LogP contribution in [0.3, 0.4) is 0 Å². The highest BCUT2D eigenvalue weighted by Crippen LogP contribution is 2.27. The van der Waals surface area contributed by atoms with Gasteiger partial charge in [0.25, 0.3) is 0 Å². The van der Waals surface area contributed by atoms with Gasteiger partial charge in [0, 0.05) is 13.1 Å². The van der Waals surface area contributed by atoms with Crippen LogP contribution in [0.4, 0.5) is 0 Å². The van der Waals surface area contributed by atoms with Crippen LogP contribution in [-0.4, -0.2) is 50.0 Å². The molecule has 0 aliphatic rings. The lowest BCUT2D eigenvalue weighted by molar-refractivity contribution is 0.0450. The molecule has 0 radical (unpaired) electrons. The SMILES string of the molecule is COc1ccc(CCN(C)CC(C)(C)O)cc1OC. The lowest BCUT2D eigenvalue weighted by atomic mass is 10.1. The van der Waals surface area contributed by atoms with Crippen LogP contribution in [0.1, 0.15) is 19.4 Å². The topological polar surface area (TPSA) is 41.9 Å². The quantitative estimate of drug-likeness (QED) is 0.820. The minimum absolute atomic E-state index is 0.653. The molecule has 1 aromatic carbocycles. The van der Waals surface area contributed by atoms with Crippen molar-refractivity contribution in [1.82, 2.24) is 4.90 Å². The molecule has 0 fully saturated rings. The van der Waals surface area contributed by atoms with E-state index in [4.69, 9.17) is 9.47 Å². The van der Waals surface area contributed by atoms with Gasteiger partial charge >= 0.3 is 0 Å². The Hall–Kier alpha value is -1.26. The zero-order chi connectivity index (χ0) is 14.5. The molecule has 0 heterocycles. The lowest BCUT2D eigenvalue weighted by Gasteiger charge is -2.25. The summed E-state index contributed by atoms with van der Waals surface area (Å²) in [5, 5.41) is 9.76. The first-order chi connectivity index (χ1) is 8.85. The second kappa shape index (κ2) is 6.78. The molecule has 4 heteroatoms. The Bertz CT molecular complexity index is 399. The maximum absolute atomic E-state index is 9.76. The van der Waals surface area contributed by atoms with Crippen LogP contribution in [0.2, 0.25) is 0 Å². The van der Waals surface area contributed by atoms with Gasteiger partial charge in [-0.25, -0.2) is 0 Å². The van der Waals surface area contributed by atoms with Crippen molar-refractivity contribution in [2.45, 2.75) is 25.9 Å². The van der Waals surface area contributed by atoms with E-state index in [1.807, 2.05) is 39.1 Å². The molecule has 1 aromatic rings. The fourth-order valence-electron chi connectivity index (χ4n) is 2.10. The summed E-state index contributed by atoms with van der Waals surface area (Å²) >= 11 is 0. The van der Waals surface area contributed by atoms with Crippen LogP contribution < -0.4 is 9.47 Å². The van der Waals surface area contributed by atoms with Crippen molar-refractivity contribution in [3.05, 3.63) is 23.8 Å². The third-order valence-electron chi connectivity index (χ3n) is 2.89. The van der Waals surface area contributed by atoms with Gasteiger partial charge in [0.2, 0.25) is 0 Å². The number of methoxy groups -OCH3 is 2. The summed E-state index contributed by atoms with van der Waals surface area (Å²) in [5.74, 6) is 1.50. The third-order valence-corrected chi connectivity index (χ3v) is 2.89. The summed E-state index contributed by atoms with van der Waals surface area (Å²) in [4.78, 5) is 2.12. The van der Waals surface area contributed by atoms with Gasteiger partial charge in [-0.1, -0.05) is 6.07 Å². The molecule has 0 saturated heterocycles. The predicted octanol–water partition coefficient (Wildman–Crippen LogP) is 1.95. The molecule has 1 rings (SSSR count). The predicted molar refractivity (Wildman–Crippen MR) is 77.0 cm³/mol. The molecule has 0 spiro atoms. The van der Waals surface area contributed by atoms with E-state index in [-0.39, 0.29) is 0 Å². The van der Waals surface area contributed by atoms with Crippen molar-refractivity contribution < 1.29 is 14.6 Å². The van der Waals surface area contributed by atoms with Crippen molar-refractivity contribution in [2.24, 2.45) is 0 Å². The number of benzene rings is 1. The summed E-state index contributed by atoms with van der Waals surface area (Å²) < 4.78 is 10.5. The van der Waals surface area contributed by atoms with E-state index in [0.717, 1.165) is 24.5 Å². The molecule has 19 heavy (non-hydrogen) atoms. The molecule has 0 aliphatic carbocycles. The molecule has 0 atom stereocenters. The van der Waals surface area contributed by atoms with Gasteiger partial charge in [-0.15, -0.1) is 0 Å². The van der Waals surface area contributed by atoms with Crippen molar-refractivity contribution in [3.63, 3.8) is 0 Å². The zero-order valence-electron chi connectivity index (χ0n) is 12.6. The Balaban J connectivity index is 2.58. The van der Waals surface area contributed by atoms with E-state index < -0.39 is 5.60 Å². The Morgan fingerprint density at radius 2 is 1.79 bits per heavy atom. The second-order valence-electron chi connectivity index (χ2n) is 5.49. The Labute approximate surface area is 115 Å². The summed E-state index contributed by atoms with van der Waals surface area (Å²) in [5.41, 5.74) is 0.534. The van der Waals surface area contributed by atoms with Gasteiger partial charge in [0.1, 0.15) is 0 Å². The van der Waals surface area contributed by atoms with Crippen molar-refractivity contribution in [1.29, 1.82) is 0 Å². The van der Waals surface area contributed by atoms with Crippen LogP contribution in [0.25, 0.3) is 0 Å². The van der Waals surface area contributed by atoms with Gasteiger partial charge in [0.15, 0.2) is 11.5 Å². The molecule has 0 bridgehead atoms. The monoisotopic (exact) mass is 267 g/mol. The summed E-state index contributed by atoms with van der Waals surface area (Å²) in [7, 11) is 5.29. The van der Waals surface area contributed by atoms with Crippen LogP contribution in [0, 0.1) is 0 Å². The number of nitrogens with zero attached hydrogens (tertiary/aromatic N) is 1. The first kappa shape index (κ1) is 15.8. The highest BCUT2D eigenvalue weighted by Gasteiger charge is 2.15. The molecular formula is C15H25NO3. The van der Waals surface area contributed by atoms with Crippen LogP contribution in [0.5, 0.6) is 11.5 Å². The number of ether oxygens (including phenoxy) is 2. The molecule has 0 aromatic heterocycles. The normalized spacial score (nSPS) is 11.7. The highest BCUT2D eigenvalue weighted by molar-refractivity contribution is 5.42. The van der Waals surface area contributed by atoms with E-state index in [1.54, 1.807) is 14.2 Å². The minimum Gasteiger partial charge on any atom is -0.493 e. The van der Waals surface area contributed by atoms with Crippen LogP contribution in [-0.2, 0) is 6.42 Å². The molecule has 4 nitrogen and oxygen atoms in total. The fourth-order valence-corrected chi connectivity index (χ4v) is 2.10. The van der Waals surface area contributed by atoms with Crippen LogP contribution >= 0.6 is 0 Å². The first-order valence-corrected chi connectivity index (χ1v) is 6.47. The van der Waals surface area contributed by atoms with Gasteiger partial charge in [-0.3, -0.25) is 0 Å². The average Bonchev–Trinajstić information content (AvgIpc) is 2.33. The second-order valence-corrected chi connectivity index (χ2v) is 5.49. The molecule has 0 aliphatic heterocycles. The summed E-state index contributed by atoms with van der Waals surface area (Å²) in [6.07, 6.45) is 0.910. The van der Waals surface area contributed by atoms with Gasteiger partial charge in [0.05, 0.1) is 19.8 Å². The molecule has 1 N–H and O–H groups in total. The average molecular weight is 267 g/mol. The largest absolute Gasteiger partial charge is 0.493 e. The molecule has 0 amide bonds. The smallest absolute Gasteiger partial charge is 0.160 e. The third kappa shape index (κ3) is 5.49. The van der Waals surface area contributed by atoms with Gasteiger partial charge < -0.3 is 19.5 Å². The Morgan fingerprint density at radius 3 is 2.32 bits per heavy atom. The summed E-state index contributed by atoms with van der Waals surface area (Å²) in [6.45, 7) is 5.18. The van der Waals surface area contributed by atoms with Crippen molar-refractivity contribution in [2.75, 3.05) is 34.4 Å². The van der Waals surface area contributed by atoms with E-state index in [9.17, 15) is 5.11 Å².